The number of benzene rings is 2. The van der Waals surface area contributed by atoms with E-state index in [1.807, 2.05) is 30.3 Å². The molecule has 0 saturated carbocycles. The fourth-order valence-electron chi connectivity index (χ4n) is 3.01. The number of hydrogen-bond acceptors (Lipinski definition) is 7. The fourth-order valence-corrected chi connectivity index (χ4v) is 3.20. The zero-order chi connectivity index (χ0) is 22.0. The zero-order valence-corrected chi connectivity index (χ0v) is 17.9. The number of esters is 1. The molecule has 0 unspecified atom stereocenters. The van der Waals surface area contributed by atoms with Gasteiger partial charge in [0.05, 0.1) is 18.5 Å². The maximum atomic E-state index is 12.6. The minimum absolute atomic E-state index is 0.0554. The Morgan fingerprint density at radius 2 is 1.97 bits per heavy atom. The van der Waals surface area contributed by atoms with Gasteiger partial charge in [-0.05, 0) is 44.2 Å². The van der Waals surface area contributed by atoms with Crippen LogP contribution in [0.25, 0.3) is 17.1 Å². The number of ether oxygens (including phenoxy) is 2. The van der Waals surface area contributed by atoms with Crippen LogP contribution >= 0.6 is 11.6 Å². The SMILES string of the molecule is COc1cccc(-n2nnc(C(=O)OCc3nc(-c4cccc(Cl)c4)oc3C)c2C)c1. The molecule has 0 saturated heterocycles. The molecule has 4 rings (SSSR count). The molecule has 0 aliphatic rings. The Morgan fingerprint density at radius 1 is 1.16 bits per heavy atom. The number of oxazole rings is 1. The van der Waals surface area contributed by atoms with Gasteiger partial charge in [0.1, 0.15) is 23.8 Å². The molecule has 0 amide bonds. The van der Waals surface area contributed by atoms with Crippen molar-refractivity contribution in [1.29, 1.82) is 0 Å². The van der Waals surface area contributed by atoms with Gasteiger partial charge in [0.15, 0.2) is 5.69 Å². The number of nitrogens with zero attached hydrogens (tertiary/aromatic N) is 4. The average molecular weight is 439 g/mol. The van der Waals surface area contributed by atoms with Crippen LogP contribution in [0.4, 0.5) is 0 Å². The van der Waals surface area contributed by atoms with Crippen LogP contribution in [0.3, 0.4) is 0 Å². The molecule has 158 valence electrons. The van der Waals surface area contributed by atoms with Crippen LogP contribution in [0.2, 0.25) is 5.02 Å². The third-order valence-corrected chi connectivity index (χ3v) is 4.93. The molecular formula is C22H19ClN4O4. The second-order valence-electron chi connectivity index (χ2n) is 6.75. The van der Waals surface area contributed by atoms with Crippen molar-refractivity contribution in [2.45, 2.75) is 20.5 Å². The van der Waals surface area contributed by atoms with Gasteiger partial charge in [-0.15, -0.1) is 5.10 Å². The molecule has 31 heavy (non-hydrogen) atoms. The predicted octanol–water partition coefficient (Wildman–Crippen LogP) is 4.56. The Hall–Kier alpha value is -3.65. The summed E-state index contributed by atoms with van der Waals surface area (Å²) >= 11 is 6.03. The standard InChI is InChI=1S/C22H19ClN4O4/c1-13-20(25-26-27(13)17-8-5-9-18(11-17)29-3)22(28)30-12-19-14(2)31-21(24-19)15-6-4-7-16(23)10-15/h4-11H,12H2,1-3H3. The maximum absolute atomic E-state index is 12.6. The normalized spacial score (nSPS) is 10.8. The minimum atomic E-state index is -0.599. The Balaban J connectivity index is 1.49. The van der Waals surface area contributed by atoms with Crippen molar-refractivity contribution in [3.05, 3.63) is 76.4 Å². The number of rotatable bonds is 6. The van der Waals surface area contributed by atoms with Gasteiger partial charge in [0, 0.05) is 16.7 Å². The lowest BCUT2D eigenvalue weighted by Crippen LogP contribution is -2.09. The highest BCUT2D eigenvalue weighted by molar-refractivity contribution is 6.30. The minimum Gasteiger partial charge on any atom is -0.497 e. The van der Waals surface area contributed by atoms with Gasteiger partial charge < -0.3 is 13.9 Å². The lowest BCUT2D eigenvalue weighted by molar-refractivity contribution is 0.0459. The molecule has 0 spiro atoms. The smallest absolute Gasteiger partial charge is 0.361 e. The Kier molecular flexibility index (Phi) is 5.73. The van der Waals surface area contributed by atoms with Crippen LogP contribution in [0.15, 0.2) is 52.9 Å². The van der Waals surface area contributed by atoms with E-state index in [1.54, 1.807) is 43.8 Å². The summed E-state index contributed by atoms with van der Waals surface area (Å²) in [5, 5.41) is 8.63. The van der Waals surface area contributed by atoms with Gasteiger partial charge in [-0.3, -0.25) is 0 Å². The lowest BCUT2D eigenvalue weighted by Gasteiger charge is -2.06. The van der Waals surface area contributed by atoms with Crippen molar-refractivity contribution in [2.24, 2.45) is 0 Å². The summed E-state index contributed by atoms with van der Waals surface area (Å²) in [7, 11) is 1.58. The number of carbonyl (C=O) groups is 1. The van der Waals surface area contributed by atoms with E-state index >= 15 is 0 Å². The number of hydrogen-bond donors (Lipinski definition) is 0. The van der Waals surface area contributed by atoms with Crippen molar-refractivity contribution in [1.82, 2.24) is 20.0 Å². The molecule has 0 aliphatic heterocycles. The Labute approximate surface area is 183 Å². The number of halogens is 1. The summed E-state index contributed by atoms with van der Waals surface area (Å²) in [5.74, 6) is 1.04. The van der Waals surface area contributed by atoms with Crippen molar-refractivity contribution < 1.29 is 18.7 Å². The second kappa shape index (κ2) is 8.61. The molecule has 0 atom stereocenters. The quantitative estimate of drug-likeness (QED) is 0.407. The van der Waals surface area contributed by atoms with Crippen LogP contribution in [0, 0.1) is 13.8 Å². The first-order chi connectivity index (χ1) is 15.0. The van der Waals surface area contributed by atoms with Crippen LogP contribution < -0.4 is 4.74 Å². The molecule has 8 nitrogen and oxygen atoms in total. The second-order valence-corrected chi connectivity index (χ2v) is 7.18. The van der Waals surface area contributed by atoms with E-state index < -0.39 is 5.97 Å². The summed E-state index contributed by atoms with van der Waals surface area (Å²) < 4.78 is 17.9. The highest BCUT2D eigenvalue weighted by Gasteiger charge is 2.21. The van der Waals surface area contributed by atoms with E-state index in [-0.39, 0.29) is 12.3 Å². The monoisotopic (exact) mass is 438 g/mol. The summed E-state index contributed by atoms with van der Waals surface area (Å²) in [5.41, 5.74) is 2.65. The molecule has 9 heteroatoms. The van der Waals surface area contributed by atoms with Gasteiger partial charge >= 0.3 is 5.97 Å². The highest BCUT2D eigenvalue weighted by atomic mass is 35.5. The van der Waals surface area contributed by atoms with Crippen molar-refractivity contribution >= 4 is 17.6 Å². The third kappa shape index (κ3) is 4.29. The molecule has 2 aromatic heterocycles. The lowest BCUT2D eigenvalue weighted by atomic mass is 10.2. The number of carbonyl (C=O) groups excluding carboxylic acids is 1. The first-order valence-electron chi connectivity index (χ1n) is 9.42. The molecule has 0 N–H and O–H groups in total. The van der Waals surface area contributed by atoms with Crippen LogP contribution in [-0.2, 0) is 11.3 Å². The Morgan fingerprint density at radius 3 is 2.74 bits per heavy atom. The largest absolute Gasteiger partial charge is 0.497 e. The highest BCUT2D eigenvalue weighted by Crippen LogP contribution is 2.25. The zero-order valence-electron chi connectivity index (χ0n) is 17.1. The third-order valence-electron chi connectivity index (χ3n) is 4.69. The summed E-state index contributed by atoms with van der Waals surface area (Å²) in [6.07, 6.45) is 0. The van der Waals surface area contributed by atoms with E-state index in [0.29, 0.717) is 33.8 Å². The summed E-state index contributed by atoms with van der Waals surface area (Å²) in [6.45, 7) is 3.45. The van der Waals surface area contributed by atoms with Crippen LogP contribution in [-0.4, -0.2) is 33.1 Å². The van der Waals surface area contributed by atoms with Crippen molar-refractivity contribution in [2.75, 3.05) is 7.11 Å². The number of aryl methyl sites for hydroxylation is 1. The first-order valence-corrected chi connectivity index (χ1v) is 9.80. The van der Waals surface area contributed by atoms with Crippen LogP contribution in [0.1, 0.15) is 27.6 Å². The number of aromatic nitrogens is 4. The summed E-state index contributed by atoms with van der Waals surface area (Å²) in [6, 6.07) is 14.5. The molecular weight excluding hydrogens is 420 g/mol. The van der Waals surface area contributed by atoms with Crippen molar-refractivity contribution in [3.8, 4) is 22.9 Å². The van der Waals surface area contributed by atoms with Crippen molar-refractivity contribution in [3.63, 3.8) is 0 Å². The molecule has 0 bridgehead atoms. The number of methoxy groups -OCH3 is 1. The van der Waals surface area contributed by atoms with Gasteiger partial charge in [-0.1, -0.05) is 28.9 Å². The molecule has 0 fully saturated rings. The van der Waals surface area contributed by atoms with E-state index in [0.717, 1.165) is 11.3 Å². The fraction of sp³-hybridized carbons (Fsp3) is 0.182. The molecule has 2 heterocycles. The van der Waals surface area contributed by atoms with E-state index in [1.165, 1.54) is 0 Å². The van der Waals surface area contributed by atoms with Gasteiger partial charge in [0.2, 0.25) is 5.89 Å². The predicted molar refractivity (Wildman–Crippen MR) is 113 cm³/mol. The average Bonchev–Trinajstić information content (AvgIpc) is 3.34. The van der Waals surface area contributed by atoms with Gasteiger partial charge in [0.25, 0.3) is 0 Å². The topological polar surface area (TPSA) is 92.3 Å². The molecule has 0 aliphatic carbocycles. The summed E-state index contributed by atoms with van der Waals surface area (Å²) in [4.78, 5) is 17.0. The maximum Gasteiger partial charge on any atom is 0.361 e. The Bertz CT molecular complexity index is 1250. The molecule has 0 radical (unpaired) electrons. The van der Waals surface area contributed by atoms with Crippen LogP contribution in [0.5, 0.6) is 5.75 Å². The molecule has 4 aromatic rings. The van der Waals surface area contributed by atoms with E-state index in [4.69, 9.17) is 25.5 Å². The molecule has 2 aromatic carbocycles. The van der Waals surface area contributed by atoms with E-state index in [9.17, 15) is 4.79 Å². The van der Waals surface area contributed by atoms with Gasteiger partial charge in [-0.25, -0.2) is 14.5 Å². The van der Waals surface area contributed by atoms with Gasteiger partial charge in [-0.2, -0.15) is 0 Å². The first kappa shape index (κ1) is 20.6. The van der Waals surface area contributed by atoms with E-state index in [2.05, 4.69) is 15.3 Å².